The summed E-state index contributed by atoms with van der Waals surface area (Å²) < 4.78 is 5.66. The van der Waals surface area contributed by atoms with E-state index < -0.39 is 18.0 Å². The average Bonchev–Trinajstić information content (AvgIpc) is 3.12. The van der Waals surface area contributed by atoms with Gasteiger partial charge in [0.25, 0.3) is 0 Å². The molecule has 0 bridgehead atoms. The lowest BCUT2D eigenvalue weighted by Gasteiger charge is -2.23. The highest BCUT2D eigenvalue weighted by Gasteiger charge is 2.22. The molecule has 0 aliphatic heterocycles. The zero-order valence-electron chi connectivity index (χ0n) is 33.0. The maximum atomic E-state index is 12.7. The fourth-order valence-electron chi connectivity index (χ4n) is 5.93. The average molecular weight is 761 g/mol. The first-order valence-corrected chi connectivity index (χ1v) is 19.6. The number of carboxylic acid groups (broad SMARTS) is 2. The topological polar surface area (TPSA) is 195 Å². The van der Waals surface area contributed by atoms with Crippen LogP contribution in [0.3, 0.4) is 0 Å². The second-order valence-corrected chi connectivity index (χ2v) is 14.3. The smallest absolute Gasteiger partial charge is 0.335 e. The Morgan fingerprint density at radius 1 is 0.667 bits per heavy atom. The predicted octanol–water partition coefficient (Wildman–Crippen LogP) is 4.56. The molecular formula is C40H66N5O9. The number of hydrogen-bond acceptors (Lipinski definition) is 9. The van der Waals surface area contributed by atoms with E-state index in [-0.39, 0.29) is 54.6 Å². The van der Waals surface area contributed by atoms with Crippen molar-refractivity contribution in [2.45, 2.75) is 134 Å². The molecule has 14 heteroatoms. The van der Waals surface area contributed by atoms with Crippen LogP contribution < -0.4 is 20.7 Å². The Morgan fingerprint density at radius 3 is 1.80 bits per heavy atom. The van der Waals surface area contributed by atoms with Crippen LogP contribution >= 0.6 is 0 Å². The van der Waals surface area contributed by atoms with Crippen LogP contribution in [0.2, 0.25) is 0 Å². The van der Waals surface area contributed by atoms with E-state index in [9.17, 15) is 33.9 Å². The number of benzene rings is 1. The summed E-state index contributed by atoms with van der Waals surface area (Å²) in [5.41, 5.74) is 0.237. The standard InChI is InChI=1S/C40H66N5O9/c1-44(2)32(30-46)18-13-15-28-42-38(49)35(45(3)4)19-14-16-27-41-36(47)26-25-34(40(52)53)43-37(48)20-12-10-8-6-5-7-9-11-17-29-54-33-23-21-31(22-24-33)39(50)51/h21-24,32,34-35H,5-20,25-29H2,1-4H3,(H,41,47)(H,42,49)(H,43,48)(H,50,51)(H,52,53)/t32-,34-,35-/m0/s1. The number of unbranched alkanes of at least 4 members (excludes halogenated alkanes) is 10. The molecule has 0 fully saturated rings. The highest BCUT2D eigenvalue weighted by atomic mass is 16.5. The maximum absolute atomic E-state index is 12.7. The van der Waals surface area contributed by atoms with Gasteiger partial charge in [-0.05, 0) is 110 Å². The number of carboxylic acids is 2. The van der Waals surface area contributed by atoms with E-state index in [0.29, 0.717) is 51.1 Å². The first kappa shape index (κ1) is 48.0. The van der Waals surface area contributed by atoms with Gasteiger partial charge in [-0.25, -0.2) is 9.59 Å². The molecule has 5 N–H and O–H groups in total. The molecule has 1 aromatic rings. The number of likely N-dealkylation sites (N-methyl/N-ethyl adjacent to an activating group) is 2. The molecule has 1 rings (SSSR count). The lowest BCUT2D eigenvalue weighted by Crippen LogP contribution is -2.44. The summed E-state index contributed by atoms with van der Waals surface area (Å²) in [6.07, 6.45) is 15.6. The van der Waals surface area contributed by atoms with Crippen LogP contribution in [0.1, 0.15) is 126 Å². The maximum Gasteiger partial charge on any atom is 0.335 e. The third-order valence-corrected chi connectivity index (χ3v) is 9.33. The van der Waals surface area contributed by atoms with Crippen LogP contribution in [-0.4, -0.2) is 122 Å². The van der Waals surface area contributed by atoms with E-state index in [1.54, 1.807) is 12.1 Å². The molecule has 1 aromatic carbocycles. The van der Waals surface area contributed by atoms with Crippen LogP contribution in [0.15, 0.2) is 24.3 Å². The third kappa shape index (κ3) is 22.9. The molecule has 0 saturated heterocycles. The van der Waals surface area contributed by atoms with Crippen molar-refractivity contribution in [3.05, 3.63) is 29.8 Å². The zero-order valence-corrected chi connectivity index (χ0v) is 33.0. The molecule has 0 aliphatic rings. The highest BCUT2D eigenvalue weighted by Crippen LogP contribution is 2.15. The molecule has 0 spiro atoms. The molecule has 0 aliphatic carbocycles. The SMILES string of the molecule is CN(C)[C@H]([C]=O)CCCCNC(=O)[C@H](CCCCNC(=O)CC[C@H](NC(=O)CCCCCCCCCCCOc1ccc(C(=O)O)cc1)C(=O)O)N(C)C. The van der Waals surface area contributed by atoms with Crippen molar-refractivity contribution in [1.29, 1.82) is 0 Å². The van der Waals surface area contributed by atoms with E-state index >= 15 is 0 Å². The first-order valence-electron chi connectivity index (χ1n) is 19.6. The second kappa shape index (κ2) is 29.3. The number of carbonyl (C=O) groups excluding carboxylic acids is 4. The van der Waals surface area contributed by atoms with Gasteiger partial charge in [-0.3, -0.25) is 29.0 Å². The molecule has 0 heterocycles. The summed E-state index contributed by atoms with van der Waals surface area (Å²) >= 11 is 0. The molecule has 305 valence electrons. The van der Waals surface area contributed by atoms with Crippen LogP contribution in [0.25, 0.3) is 0 Å². The summed E-state index contributed by atoms with van der Waals surface area (Å²) in [6.45, 7) is 1.54. The minimum absolute atomic E-state index is 0.00496. The summed E-state index contributed by atoms with van der Waals surface area (Å²) in [4.78, 5) is 74.8. The lowest BCUT2D eigenvalue weighted by molar-refractivity contribution is -0.142. The quantitative estimate of drug-likeness (QED) is 0.0631. The Kier molecular flexibility index (Phi) is 26.1. The number of carbonyl (C=O) groups is 5. The summed E-state index contributed by atoms with van der Waals surface area (Å²) in [5.74, 6) is -2.10. The van der Waals surface area contributed by atoms with Gasteiger partial charge in [-0.2, -0.15) is 0 Å². The molecule has 54 heavy (non-hydrogen) atoms. The molecule has 14 nitrogen and oxygen atoms in total. The van der Waals surface area contributed by atoms with Gasteiger partial charge in [0.15, 0.2) is 0 Å². The zero-order chi connectivity index (χ0) is 40.1. The monoisotopic (exact) mass is 760 g/mol. The van der Waals surface area contributed by atoms with Gasteiger partial charge in [-0.1, -0.05) is 44.9 Å². The van der Waals surface area contributed by atoms with Crippen LogP contribution in [0.4, 0.5) is 0 Å². The van der Waals surface area contributed by atoms with Crippen LogP contribution in [0.5, 0.6) is 5.75 Å². The molecule has 3 amide bonds. The van der Waals surface area contributed by atoms with Gasteiger partial charge in [0.05, 0.1) is 24.3 Å². The number of aromatic carboxylic acids is 1. The highest BCUT2D eigenvalue weighted by molar-refractivity contribution is 5.87. The van der Waals surface area contributed by atoms with Crippen molar-refractivity contribution in [3.63, 3.8) is 0 Å². The first-order chi connectivity index (χ1) is 25.8. The molecule has 0 aromatic heterocycles. The number of nitrogens with one attached hydrogen (secondary N) is 3. The van der Waals surface area contributed by atoms with E-state index in [1.165, 1.54) is 12.1 Å². The van der Waals surface area contributed by atoms with Crippen molar-refractivity contribution >= 4 is 35.9 Å². The van der Waals surface area contributed by atoms with Crippen molar-refractivity contribution in [3.8, 4) is 5.75 Å². The fraction of sp³-hybridized carbons (Fsp3) is 0.700. The molecule has 0 saturated carbocycles. The Bertz CT molecular complexity index is 1240. The number of ether oxygens (including phenoxy) is 1. The second-order valence-electron chi connectivity index (χ2n) is 14.3. The summed E-state index contributed by atoms with van der Waals surface area (Å²) in [5, 5.41) is 26.9. The van der Waals surface area contributed by atoms with Crippen molar-refractivity contribution in [2.75, 3.05) is 47.9 Å². The van der Waals surface area contributed by atoms with Gasteiger partial charge < -0.3 is 30.9 Å². The number of nitrogens with zero attached hydrogens (tertiary/aromatic N) is 2. The number of amides is 3. The van der Waals surface area contributed by atoms with Gasteiger partial charge in [0.1, 0.15) is 11.8 Å². The number of hydrogen-bond donors (Lipinski definition) is 5. The van der Waals surface area contributed by atoms with Crippen LogP contribution in [-0.2, 0) is 24.0 Å². The lowest BCUT2D eigenvalue weighted by atomic mass is 10.1. The van der Waals surface area contributed by atoms with E-state index in [2.05, 4.69) is 16.0 Å². The van der Waals surface area contributed by atoms with E-state index in [4.69, 9.17) is 9.84 Å². The van der Waals surface area contributed by atoms with Gasteiger partial charge in [0.2, 0.25) is 24.0 Å². The molecule has 1 radical (unpaired) electrons. The van der Waals surface area contributed by atoms with Gasteiger partial charge in [-0.15, -0.1) is 0 Å². The molecule has 0 unspecified atom stereocenters. The fourth-order valence-corrected chi connectivity index (χ4v) is 5.93. The van der Waals surface area contributed by atoms with Crippen molar-refractivity contribution < 1.29 is 43.7 Å². The molecular weight excluding hydrogens is 694 g/mol. The minimum atomic E-state index is -1.16. The number of aliphatic carboxylic acids is 1. The minimum Gasteiger partial charge on any atom is -0.494 e. The van der Waals surface area contributed by atoms with Gasteiger partial charge >= 0.3 is 11.9 Å². The Labute approximate surface area is 322 Å². The van der Waals surface area contributed by atoms with Crippen molar-refractivity contribution in [1.82, 2.24) is 25.8 Å². The normalized spacial score (nSPS) is 12.9. The van der Waals surface area contributed by atoms with Gasteiger partial charge in [0, 0.05) is 25.9 Å². The van der Waals surface area contributed by atoms with E-state index in [1.807, 2.05) is 44.3 Å². The Hall–Kier alpha value is -4.04. The molecule has 3 atom stereocenters. The summed E-state index contributed by atoms with van der Waals surface area (Å²) in [7, 11) is 7.39. The predicted molar refractivity (Wildman–Crippen MR) is 208 cm³/mol. The van der Waals surface area contributed by atoms with Crippen LogP contribution in [0, 0.1) is 0 Å². The summed E-state index contributed by atoms with van der Waals surface area (Å²) in [6, 6.07) is 4.74. The van der Waals surface area contributed by atoms with E-state index in [0.717, 1.165) is 70.6 Å². The largest absolute Gasteiger partial charge is 0.494 e. The Balaban J connectivity index is 2.11. The number of rotatable bonds is 33. The Morgan fingerprint density at radius 2 is 1.24 bits per heavy atom. The van der Waals surface area contributed by atoms with Crippen molar-refractivity contribution in [2.24, 2.45) is 0 Å². The third-order valence-electron chi connectivity index (χ3n) is 9.33.